The molecule has 3 aromatic rings. The Labute approximate surface area is 188 Å². The zero-order valence-corrected chi connectivity index (χ0v) is 18.0. The van der Waals surface area contributed by atoms with Gasteiger partial charge >= 0.3 is 5.97 Å². The highest BCUT2D eigenvalue weighted by Gasteiger charge is 2.29. The second-order valence-electron chi connectivity index (χ2n) is 7.00. The first-order valence-corrected chi connectivity index (χ1v) is 10.0. The molecule has 0 saturated carbocycles. The van der Waals surface area contributed by atoms with Crippen molar-refractivity contribution in [3.05, 3.63) is 81.0 Å². The van der Waals surface area contributed by atoms with E-state index in [1.165, 1.54) is 17.1 Å². The van der Waals surface area contributed by atoms with E-state index in [1.54, 1.807) is 43.3 Å². The van der Waals surface area contributed by atoms with E-state index in [4.69, 9.17) is 27.6 Å². The van der Waals surface area contributed by atoms with Crippen LogP contribution in [-0.4, -0.2) is 22.7 Å². The van der Waals surface area contributed by atoms with Crippen molar-refractivity contribution in [1.29, 1.82) is 0 Å². The van der Waals surface area contributed by atoms with E-state index in [0.717, 1.165) is 5.56 Å². The Balaban J connectivity index is 1.63. The Morgan fingerprint density at radius 2 is 1.84 bits per heavy atom. The molecule has 1 aliphatic heterocycles. The molecule has 1 N–H and O–H groups in total. The largest absolute Gasteiger partial charge is 0.478 e. The molecule has 8 heteroatoms. The van der Waals surface area contributed by atoms with E-state index in [0.29, 0.717) is 39.1 Å². The first-order chi connectivity index (χ1) is 14.7. The average molecular weight is 455 g/mol. The van der Waals surface area contributed by atoms with Crippen molar-refractivity contribution in [2.45, 2.75) is 13.8 Å². The van der Waals surface area contributed by atoms with E-state index >= 15 is 0 Å². The summed E-state index contributed by atoms with van der Waals surface area (Å²) in [6, 6.07) is 13.3. The topological polar surface area (TPSA) is 83.1 Å². The number of benzene rings is 2. The number of aryl methyl sites for hydroxylation is 1. The Morgan fingerprint density at radius 3 is 2.55 bits per heavy atom. The lowest BCUT2D eigenvalue weighted by Crippen LogP contribution is -2.21. The van der Waals surface area contributed by atoms with Gasteiger partial charge in [0.05, 0.1) is 27.6 Å². The molecule has 0 aliphatic carbocycles. The Morgan fingerprint density at radius 1 is 1.06 bits per heavy atom. The molecule has 1 aliphatic rings. The normalized spacial score (nSPS) is 15.0. The number of carboxylic acids is 1. The molecule has 0 bridgehead atoms. The summed E-state index contributed by atoms with van der Waals surface area (Å²) in [5.74, 6) is -0.535. The molecule has 0 atom stereocenters. The molecule has 2 heterocycles. The number of amides is 1. The second kappa shape index (κ2) is 8.06. The van der Waals surface area contributed by atoms with Crippen LogP contribution in [0.15, 0.2) is 63.6 Å². The van der Waals surface area contributed by atoms with Gasteiger partial charge in [-0.3, -0.25) is 4.79 Å². The van der Waals surface area contributed by atoms with Crippen molar-refractivity contribution in [2.75, 3.05) is 5.01 Å². The van der Waals surface area contributed by atoms with Gasteiger partial charge in [0.15, 0.2) is 0 Å². The SMILES string of the molecule is CC1=NN(c2ccc(C)c(Cl)c2)C(=O)C1=Cc1ccc(-c2ccc(Cl)c(C(=O)O)c2)o1. The van der Waals surface area contributed by atoms with Gasteiger partial charge in [0.2, 0.25) is 0 Å². The van der Waals surface area contributed by atoms with Crippen molar-refractivity contribution < 1.29 is 19.1 Å². The standard InChI is InChI=1S/C23H16Cl2N2O4/c1-12-3-5-15(10-20(12)25)27-22(28)17(13(2)26-27)11-16-6-8-21(31-16)14-4-7-19(24)18(9-14)23(29)30/h3-11H,1-2H3,(H,29,30). The molecule has 156 valence electrons. The predicted molar refractivity (Wildman–Crippen MR) is 121 cm³/mol. The van der Waals surface area contributed by atoms with E-state index in [-0.39, 0.29) is 16.5 Å². The lowest BCUT2D eigenvalue weighted by atomic mass is 10.1. The number of aromatic carboxylic acids is 1. The second-order valence-corrected chi connectivity index (χ2v) is 7.81. The van der Waals surface area contributed by atoms with Crippen molar-refractivity contribution in [1.82, 2.24) is 0 Å². The van der Waals surface area contributed by atoms with Crippen LogP contribution >= 0.6 is 23.2 Å². The molecule has 4 rings (SSSR count). The fourth-order valence-electron chi connectivity index (χ4n) is 3.14. The third-order valence-electron chi connectivity index (χ3n) is 4.86. The number of carbonyl (C=O) groups excluding carboxylic acids is 1. The number of carboxylic acid groups (broad SMARTS) is 1. The lowest BCUT2D eigenvalue weighted by Gasteiger charge is -2.12. The zero-order valence-electron chi connectivity index (χ0n) is 16.5. The number of rotatable bonds is 4. The van der Waals surface area contributed by atoms with Crippen LogP contribution < -0.4 is 5.01 Å². The van der Waals surface area contributed by atoms with E-state index in [2.05, 4.69) is 5.10 Å². The van der Waals surface area contributed by atoms with Gasteiger partial charge in [0, 0.05) is 10.6 Å². The van der Waals surface area contributed by atoms with Gasteiger partial charge in [0.1, 0.15) is 11.5 Å². The van der Waals surface area contributed by atoms with Crippen molar-refractivity contribution in [3.8, 4) is 11.3 Å². The minimum atomic E-state index is -1.12. The summed E-state index contributed by atoms with van der Waals surface area (Å²) in [7, 11) is 0. The van der Waals surface area contributed by atoms with Gasteiger partial charge < -0.3 is 9.52 Å². The van der Waals surface area contributed by atoms with Crippen LogP contribution in [-0.2, 0) is 4.79 Å². The number of hydrazone groups is 1. The monoisotopic (exact) mass is 454 g/mol. The van der Waals surface area contributed by atoms with Crippen LogP contribution in [0.1, 0.15) is 28.6 Å². The minimum Gasteiger partial charge on any atom is -0.478 e. The van der Waals surface area contributed by atoms with E-state index in [1.807, 2.05) is 13.0 Å². The summed E-state index contributed by atoms with van der Waals surface area (Å²) in [5, 5.41) is 15.6. The highest BCUT2D eigenvalue weighted by molar-refractivity contribution is 6.34. The first kappa shape index (κ1) is 20.9. The molecule has 31 heavy (non-hydrogen) atoms. The third-order valence-corrected chi connectivity index (χ3v) is 5.59. The molecule has 0 spiro atoms. The maximum atomic E-state index is 12.9. The highest BCUT2D eigenvalue weighted by Crippen LogP contribution is 2.31. The molecule has 0 radical (unpaired) electrons. The molecular formula is C23H16Cl2N2O4. The van der Waals surface area contributed by atoms with Crippen molar-refractivity contribution >= 4 is 52.6 Å². The van der Waals surface area contributed by atoms with E-state index in [9.17, 15) is 14.7 Å². The summed E-state index contributed by atoms with van der Waals surface area (Å²) in [5.41, 5.74) is 2.96. The number of hydrogen-bond donors (Lipinski definition) is 1. The van der Waals surface area contributed by atoms with Crippen LogP contribution in [0.3, 0.4) is 0 Å². The zero-order chi connectivity index (χ0) is 22.3. The fraction of sp³-hybridized carbons (Fsp3) is 0.0870. The molecular weight excluding hydrogens is 439 g/mol. The van der Waals surface area contributed by atoms with Crippen LogP contribution in [0.25, 0.3) is 17.4 Å². The smallest absolute Gasteiger partial charge is 0.337 e. The van der Waals surface area contributed by atoms with Gasteiger partial charge in [0.25, 0.3) is 5.91 Å². The Kier molecular flexibility index (Phi) is 5.43. The summed E-state index contributed by atoms with van der Waals surface area (Å²) in [4.78, 5) is 24.2. The number of hydrogen-bond acceptors (Lipinski definition) is 4. The van der Waals surface area contributed by atoms with Gasteiger partial charge in [-0.05, 0) is 68.0 Å². The molecule has 0 saturated heterocycles. The summed E-state index contributed by atoms with van der Waals surface area (Å²) in [6.45, 7) is 3.62. The van der Waals surface area contributed by atoms with Crippen molar-refractivity contribution in [2.24, 2.45) is 5.10 Å². The Bertz CT molecular complexity index is 1290. The third kappa shape index (κ3) is 4.00. The van der Waals surface area contributed by atoms with Gasteiger partial charge in [-0.15, -0.1) is 0 Å². The van der Waals surface area contributed by atoms with Gasteiger partial charge in [-0.2, -0.15) is 10.1 Å². The van der Waals surface area contributed by atoms with Gasteiger partial charge in [-0.1, -0.05) is 29.3 Å². The molecule has 0 unspecified atom stereocenters. The predicted octanol–water partition coefficient (Wildman–Crippen LogP) is 6.07. The summed E-state index contributed by atoms with van der Waals surface area (Å²) in [6.07, 6.45) is 1.61. The lowest BCUT2D eigenvalue weighted by molar-refractivity contribution is -0.114. The number of anilines is 1. The molecule has 2 aromatic carbocycles. The summed E-state index contributed by atoms with van der Waals surface area (Å²) >= 11 is 12.1. The van der Waals surface area contributed by atoms with E-state index < -0.39 is 5.97 Å². The maximum Gasteiger partial charge on any atom is 0.337 e. The highest BCUT2D eigenvalue weighted by atomic mass is 35.5. The molecule has 1 amide bonds. The Hall–Kier alpha value is -3.35. The number of furan rings is 1. The number of nitrogens with zero attached hydrogens (tertiary/aromatic N) is 2. The van der Waals surface area contributed by atoms with Gasteiger partial charge in [-0.25, -0.2) is 4.79 Å². The van der Waals surface area contributed by atoms with Crippen molar-refractivity contribution in [3.63, 3.8) is 0 Å². The molecule has 0 fully saturated rings. The minimum absolute atomic E-state index is 0.0168. The van der Waals surface area contributed by atoms with Crippen LogP contribution in [0, 0.1) is 6.92 Å². The fourth-order valence-corrected chi connectivity index (χ4v) is 3.52. The number of carbonyl (C=O) groups is 2. The molecule has 6 nitrogen and oxygen atoms in total. The number of halogens is 2. The quantitative estimate of drug-likeness (QED) is 0.485. The molecule has 1 aromatic heterocycles. The van der Waals surface area contributed by atoms with Crippen LogP contribution in [0.5, 0.6) is 0 Å². The maximum absolute atomic E-state index is 12.9. The van der Waals surface area contributed by atoms with Crippen LogP contribution in [0.2, 0.25) is 10.0 Å². The first-order valence-electron chi connectivity index (χ1n) is 9.25. The average Bonchev–Trinajstić information content (AvgIpc) is 3.30. The van der Waals surface area contributed by atoms with Crippen LogP contribution in [0.4, 0.5) is 5.69 Å². The summed E-state index contributed by atoms with van der Waals surface area (Å²) < 4.78 is 5.82.